The average Bonchev–Trinajstić information content (AvgIpc) is 1.47. The number of carboxylic acid groups (broad SMARTS) is 1. The van der Waals surface area contributed by atoms with Gasteiger partial charge in [0.25, 0.3) is 0 Å². The highest BCUT2D eigenvalue weighted by Crippen LogP contribution is 2.61. The van der Waals surface area contributed by atoms with Crippen LogP contribution in [0.15, 0.2) is 80.3 Å². The van der Waals surface area contributed by atoms with Crippen molar-refractivity contribution in [3.63, 3.8) is 0 Å². The molecule has 2 aromatic heterocycles. The van der Waals surface area contributed by atoms with E-state index in [0.717, 1.165) is 24.2 Å². The van der Waals surface area contributed by atoms with Gasteiger partial charge in [-0.3, -0.25) is 62.9 Å². The summed E-state index contributed by atoms with van der Waals surface area (Å²) in [5.41, 5.74) is 33.7. The van der Waals surface area contributed by atoms with E-state index in [9.17, 15) is 68.1 Å². The van der Waals surface area contributed by atoms with Crippen LogP contribution >= 0.6 is 22.7 Å². The van der Waals surface area contributed by atoms with E-state index in [1.807, 2.05) is 0 Å². The summed E-state index contributed by atoms with van der Waals surface area (Å²) < 4.78 is 0. The summed E-state index contributed by atoms with van der Waals surface area (Å²) in [5, 5.41) is 56.5. The Hall–Kier alpha value is -9.48. The van der Waals surface area contributed by atoms with Crippen LogP contribution in [0, 0.1) is 23.2 Å². The monoisotopic (exact) mass is 1470 g/mol. The van der Waals surface area contributed by atoms with Crippen molar-refractivity contribution in [2.24, 2.45) is 72.5 Å². The van der Waals surface area contributed by atoms with Gasteiger partial charge in [0.2, 0.25) is 59.1 Å². The second-order valence-corrected chi connectivity index (χ2v) is 29.6. The zero-order valence-corrected chi connectivity index (χ0v) is 59.2. The summed E-state index contributed by atoms with van der Waals surface area (Å²) in [4.78, 5) is 171. The molecule has 2 saturated heterocycles. The number of aliphatic carboxylic acids is 1. The number of carbonyl (C=O) groups is 11. The summed E-state index contributed by atoms with van der Waals surface area (Å²) >= 11 is 2.52. The topological polar surface area (TPSA) is 544 Å². The third-order valence-corrected chi connectivity index (χ3v) is 21.4. The van der Waals surface area contributed by atoms with Gasteiger partial charge < -0.3 is 102 Å². The normalized spacial score (nSPS) is 22.1. The number of nitrogens with two attached hydrogens (primary N) is 6. The number of guanidine groups is 3. The minimum Gasteiger partial charge on any atom is -0.480 e. The Kier molecular flexibility index (Phi) is 29.3. The number of benzene rings is 1. The Bertz CT molecular complexity index is 3480. The van der Waals surface area contributed by atoms with Crippen LogP contribution in [0.5, 0.6) is 0 Å². The van der Waals surface area contributed by atoms with Crippen molar-refractivity contribution < 1.29 is 68.1 Å². The summed E-state index contributed by atoms with van der Waals surface area (Å²) in [5.74, 6) is -7.86. The lowest BCUT2D eigenvalue weighted by Gasteiger charge is -2.56. The molecular weight excluding hydrogens is 1370 g/mol. The van der Waals surface area contributed by atoms with Gasteiger partial charge in [0, 0.05) is 68.2 Å². The molecule has 0 spiro atoms. The first-order valence-electron chi connectivity index (χ1n) is 35.0. The van der Waals surface area contributed by atoms with Crippen LogP contribution in [0.4, 0.5) is 0 Å². The van der Waals surface area contributed by atoms with Crippen molar-refractivity contribution in [2.45, 2.75) is 182 Å². The number of nitrogens with zero attached hydrogens (tertiary/aromatic N) is 5. The summed E-state index contributed by atoms with van der Waals surface area (Å²) in [6, 6.07) is 2.88. The number of hydrogen-bond donors (Lipinski definition) is 17. The molecule has 9 rings (SSSR count). The SMILES string of the molecule is NC(N)=NCCCC(NC(=O)C(Cc1cccs1)NC(=O)C(Cc1ccccc1)NC(=O)C(CO)NC(=O)C(Cc1cccs1)NC(=O)CNC(=O)C1C(O)CCN1C(=O)C1CCCN1C(=O)C(CCCN=C(N)N)NC(=O)C(CCCN=C(N)N)NC(=O)CC12CC3CC(CC(C3)C1)C2)C(=O)O. The minimum absolute atomic E-state index is 0.0220. The lowest BCUT2D eigenvalue weighted by molar-refractivity contribution is -0.149. The van der Waals surface area contributed by atoms with E-state index < -0.39 is 133 Å². The van der Waals surface area contributed by atoms with Crippen LogP contribution in [-0.4, -0.2) is 214 Å². The van der Waals surface area contributed by atoms with E-state index in [1.165, 1.54) is 46.8 Å². The van der Waals surface area contributed by atoms with E-state index in [2.05, 4.69) is 57.5 Å². The first-order valence-corrected chi connectivity index (χ1v) is 36.8. The van der Waals surface area contributed by atoms with Gasteiger partial charge in [-0.05, 0) is 148 Å². The highest BCUT2D eigenvalue weighted by atomic mass is 32.1. The zero-order chi connectivity index (χ0) is 74.3. The fourth-order valence-corrected chi connectivity index (χ4v) is 16.7. The van der Waals surface area contributed by atoms with Gasteiger partial charge in [0.05, 0.1) is 19.3 Å². The first-order chi connectivity index (χ1) is 49.3. The van der Waals surface area contributed by atoms with E-state index in [1.54, 1.807) is 65.4 Å². The lowest BCUT2D eigenvalue weighted by atomic mass is 9.49. The van der Waals surface area contributed by atoms with Gasteiger partial charge in [-0.25, -0.2) is 4.79 Å². The van der Waals surface area contributed by atoms with Gasteiger partial charge in [-0.1, -0.05) is 42.5 Å². The van der Waals surface area contributed by atoms with E-state index in [4.69, 9.17) is 34.4 Å². The smallest absolute Gasteiger partial charge is 0.326 e. The average molecular weight is 1470 g/mol. The molecule has 6 aliphatic rings. The summed E-state index contributed by atoms with van der Waals surface area (Å²) in [7, 11) is 0. The Morgan fingerprint density at radius 3 is 1.51 bits per heavy atom. The molecule has 103 heavy (non-hydrogen) atoms. The van der Waals surface area contributed by atoms with Crippen LogP contribution in [0.1, 0.15) is 118 Å². The largest absolute Gasteiger partial charge is 0.480 e. The molecule has 33 nitrogen and oxygen atoms in total. The number of nitrogens with one attached hydrogen (secondary N) is 8. The van der Waals surface area contributed by atoms with E-state index in [-0.39, 0.29) is 133 Å². The molecule has 10 unspecified atom stereocenters. The molecular formula is C68H99N19O14S2. The molecule has 4 saturated carbocycles. The summed E-state index contributed by atoms with van der Waals surface area (Å²) in [6.07, 6.45) is 6.26. The number of carbonyl (C=O) groups excluding carboxylic acids is 10. The molecule has 10 amide bonds. The maximum Gasteiger partial charge on any atom is 0.326 e. The number of aliphatic imine (C=N–C) groups is 3. The van der Waals surface area contributed by atoms with Gasteiger partial charge in [-0.2, -0.15) is 0 Å². The molecule has 3 aromatic rings. The van der Waals surface area contributed by atoms with Crippen molar-refractivity contribution in [2.75, 3.05) is 45.9 Å². The number of hydrogen-bond acceptors (Lipinski definition) is 18. The fourth-order valence-electron chi connectivity index (χ4n) is 15.2. The van der Waals surface area contributed by atoms with Crippen molar-refractivity contribution in [3.8, 4) is 0 Å². The molecule has 4 aliphatic carbocycles. The third-order valence-electron chi connectivity index (χ3n) is 19.6. The Morgan fingerprint density at radius 1 is 0.534 bits per heavy atom. The number of aliphatic hydroxyl groups is 2. The van der Waals surface area contributed by atoms with Crippen molar-refractivity contribution >= 4 is 106 Å². The van der Waals surface area contributed by atoms with Crippen molar-refractivity contribution in [3.05, 3.63) is 80.7 Å². The third kappa shape index (κ3) is 23.5. The number of rotatable bonds is 39. The molecule has 2 aliphatic heterocycles. The van der Waals surface area contributed by atoms with Crippen molar-refractivity contribution in [1.29, 1.82) is 0 Å². The van der Waals surface area contributed by atoms with Crippen LogP contribution in [0.25, 0.3) is 0 Å². The Labute approximate surface area is 604 Å². The predicted octanol–water partition coefficient (Wildman–Crippen LogP) is -2.86. The van der Waals surface area contributed by atoms with Crippen LogP contribution in [-0.2, 0) is 72.0 Å². The maximum atomic E-state index is 14.9. The van der Waals surface area contributed by atoms with E-state index in [0.29, 0.717) is 45.9 Å². The first kappa shape index (κ1) is 79.2. The number of amides is 10. The molecule has 6 fully saturated rings. The number of thiophene rings is 2. The molecule has 1 aromatic carbocycles. The standard InChI is InChI=1S/C68H99N19O14S2/c69-65(70)75-19-4-14-44(79-53(90)35-68-32-39-26-40(33-68)28-41(27-39)34-68)56(92)81-45(15-5-20-76-66(71)72)62(98)86-22-7-17-51(86)63(99)87-23-18-52(89)55(87)61(97)78-36-54(91)80-48(30-42-12-8-24-102-42)58(94)85-50(37-88)60(96)83-47(29-38-10-2-1-3-11-38)57(93)84-49(31-43-13-9-25-103-43)59(95)82-46(64(100)101)16-6-21-77-67(73)74/h1-3,8-13,24-25,39-41,44-52,55,88-89H,4-7,14-23,26-37H2,(H,78,97)(H,79,90)(H,80,91)(H,81,92)(H,82,95)(H,83,96)(H,84,93)(H,85,94)(H,100,101)(H4,69,70,75)(H4,71,72,76)(H4,73,74,77). The van der Waals surface area contributed by atoms with Gasteiger partial charge in [0.15, 0.2) is 17.9 Å². The second kappa shape index (κ2) is 38.2. The van der Waals surface area contributed by atoms with Gasteiger partial charge in [-0.15, -0.1) is 22.7 Å². The molecule has 562 valence electrons. The highest BCUT2D eigenvalue weighted by Gasteiger charge is 2.52. The van der Waals surface area contributed by atoms with E-state index >= 15 is 0 Å². The lowest BCUT2D eigenvalue weighted by Crippen LogP contribution is -2.60. The quantitative estimate of drug-likeness (QED) is 0.0155. The van der Waals surface area contributed by atoms with Gasteiger partial charge in [0.1, 0.15) is 54.4 Å². The minimum atomic E-state index is -1.74. The Morgan fingerprint density at radius 2 is 1.00 bits per heavy atom. The maximum absolute atomic E-state index is 14.9. The molecule has 10 atom stereocenters. The highest BCUT2D eigenvalue weighted by molar-refractivity contribution is 7.10. The van der Waals surface area contributed by atoms with Crippen LogP contribution in [0.2, 0.25) is 0 Å². The van der Waals surface area contributed by atoms with Gasteiger partial charge >= 0.3 is 5.97 Å². The molecule has 35 heteroatoms. The predicted molar refractivity (Wildman–Crippen MR) is 383 cm³/mol. The zero-order valence-electron chi connectivity index (χ0n) is 57.6. The van der Waals surface area contributed by atoms with Crippen LogP contribution < -0.4 is 76.9 Å². The number of likely N-dealkylation sites (tertiary alicyclic amines) is 2. The molecule has 23 N–H and O–H groups in total. The fraction of sp³-hybridized carbons (Fsp3) is 0.588. The Balaban J connectivity index is 0.905. The summed E-state index contributed by atoms with van der Waals surface area (Å²) in [6.45, 7) is -1.46. The number of aliphatic hydroxyl groups excluding tert-OH is 2. The molecule has 4 bridgehead atoms. The van der Waals surface area contributed by atoms with Crippen molar-refractivity contribution in [1.82, 2.24) is 52.3 Å². The second-order valence-electron chi connectivity index (χ2n) is 27.5. The molecule has 4 heterocycles. The molecule has 0 radical (unpaired) electrons. The number of carboxylic acids is 1. The van der Waals surface area contributed by atoms with Crippen LogP contribution in [0.3, 0.4) is 0 Å².